The third-order valence-electron chi connectivity index (χ3n) is 7.74. The molecule has 0 radical (unpaired) electrons. The van der Waals surface area contributed by atoms with Crippen LogP contribution in [0, 0.1) is 0 Å². The average Bonchev–Trinajstić information content (AvgIpc) is 3.60. The molecule has 2 saturated carbocycles. The maximum Gasteiger partial charge on any atom is 0.237 e. The third kappa shape index (κ3) is 4.46. The second-order valence-corrected chi connectivity index (χ2v) is 10.9. The van der Waals surface area contributed by atoms with Crippen molar-refractivity contribution in [2.45, 2.75) is 74.8 Å². The number of hydrogen-bond acceptors (Lipinski definition) is 3. The third-order valence-corrected chi connectivity index (χ3v) is 8.21. The molecule has 0 saturated heterocycles. The van der Waals surface area contributed by atoms with Crippen molar-refractivity contribution in [1.29, 1.82) is 0 Å². The van der Waals surface area contributed by atoms with E-state index in [1.807, 2.05) is 42.5 Å². The lowest BCUT2D eigenvalue weighted by atomic mass is 9.59. The first-order valence-corrected chi connectivity index (χ1v) is 13.1. The predicted octanol–water partition coefficient (Wildman–Crippen LogP) is 5.39. The first-order valence-electron chi connectivity index (χ1n) is 12.3. The Morgan fingerprint density at radius 2 is 1.74 bits per heavy atom. The Morgan fingerprint density at radius 3 is 2.44 bits per heavy atom. The molecule has 1 atom stereocenters. The van der Waals surface area contributed by atoms with E-state index in [1.165, 1.54) is 0 Å². The maximum atomic E-state index is 14.1. The first kappa shape index (κ1) is 23.7. The van der Waals surface area contributed by atoms with E-state index in [9.17, 15) is 9.59 Å². The highest BCUT2D eigenvalue weighted by atomic mass is 35.5. The van der Waals surface area contributed by atoms with Crippen molar-refractivity contribution in [3.8, 4) is 0 Å². The minimum Gasteiger partial charge on any atom is -0.352 e. The largest absolute Gasteiger partial charge is 0.352 e. The Labute approximate surface area is 211 Å². The standard InChI is InChI=1S/C27H31Cl2N3O2/c28-19-7-5-6-18(14-19)16-27(22-11-8-20(29)15-23(22)32-25(27)34)26(12-3-1-2-4-13-26)30-17-24(33)31-21-9-10-21/h5-8,11,14-15,21,30H,1-4,9-10,12-13,16-17H2,(H,31,33)(H,32,34). The van der Waals surface area contributed by atoms with Crippen LogP contribution in [0.15, 0.2) is 42.5 Å². The summed E-state index contributed by atoms with van der Waals surface area (Å²) in [7, 11) is 0. The van der Waals surface area contributed by atoms with E-state index in [0.29, 0.717) is 22.5 Å². The minimum absolute atomic E-state index is 0.00115. The Hall–Kier alpha value is -2.08. The molecule has 2 aliphatic carbocycles. The maximum absolute atomic E-state index is 14.1. The molecule has 1 aliphatic heterocycles. The van der Waals surface area contributed by atoms with E-state index < -0.39 is 11.0 Å². The molecule has 0 bridgehead atoms. The number of fused-ring (bicyclic) bond motifs is 1. The lowest BCUT2D eigenvalue weighted by molar-refractivity contribution is -0.126. The minimum atomic E-state index is -0.887. The molecular weight excluding hydrogens is 469 g/mol. The highest BCUT2D eigenvalue weighted by Gasteiger charge is 2.60. The molecular formula is C27H31Cl2N3O2. The van der Waals surface area contributed by atoms with Crippen molar-refractivity contribution < 1.29 is 9.59 Å². The van der Waals surface area contributed by atoms with Crippen molar-refractivity contribution in [2.75, 3.05) is 11.9 Å². The normalized spacial score (nSPS) is 23.6. The fourth-order valence-corrected chi connectivity index (χ4v) is 6.34. The van der Waals surface area contributed by atoms with Gasteiger partial charge in [-0.15, -0.1) is 0 Å². The first-order chi connectivity index (χ1) is 16.4. The van der Waals surface area contributed by atoms with Gasteiger partial charge in [-0.2, -0.15) is 0 Å². The summed E-state index contributed by atoms with van der Waals surface area (Å²) in [5.74, 6) is -0.0412. The van der Waals surface area contributed by atoms with Crippen LogP contribution in [-0.4, -0.2) is 29.9 Å². The Kier molecular flexibility index (Phi) is 6.62. The summed E-state index contributed by atoms with van der Waals surface area (Å²) in [5, 5.41) is 11.1. The Morgan fingerprint density at radius 1 is 1.00 bits per heavy atom. The van der Waals surface area contributed by atoms with E-state index in [0.717, 1.165) is 68.2 Å². The van der Waals surface area contributed by atoms with E-state index >= 15 is 0 Å². The number of halogens is 2. The zero-order valence-corrected chi connectivity index (χ0v) is 20.8. The number of nitrogens with one attached hydrogen (secondary N) is 3. The van der Waals surface area contributed by atoms with Crippen LogP contribution < -0.4 is 16.0 Å². The van der Waals surface area contributed by atoms with E-state index in [-0.39, 0.29) is 18.4 Å². The molecule has 3 aliphatic rings. The fraction of sp³-hybridized carbons (Fsp3) is 0.481. The van der Waals surface area contributed by atoms with Gasteiger partial charge in [0.05, 0.1) is 12.0 Å². The summed E-state index contributed by atoms with van der Waals surface area (Å²) in [5.41, 5.74) is 1.24. The molecule has 5 nitrogen and oxygen atoms in total. The van der Waals surface area contributed by atoms with Gasteiger partial charge in [0.1, 0.15) is 0 Å². The van der Waals surface area contributed by atoms with Crippen LogP contribution in [0.5, 0.6) is 0 Å². The molecule has 0 spiro atoms. The molecule has 3 N–H and O–H groups in total. The molecule has 7 heteroatoms. The molecule has 1 heterocycles. The monoisotopic (exact) mass is 499 g/mol. The van der Waals surface area contributed by atoms with Crippen molar-refractivity contribution in [1.82, 2.24) is 10.6 Å². The zero-order valence-electron chi connectivity index (χ0n) is 19.3. The smallest absolute Gasteiger partial charge is 0.237 e. The van der Waals surface area contributed by atoms with Crippen molar-refractivity contribution in [3.63, 3.8) is 0 Å². The molecule has 2 fully saturated rings. The second-order valence-electron chi connectivity index (χ2n) is 10.0. The molecule has 1 unspecified atom stereocenters. The van der Waals surface area contributed by atoms with E-state index in [4.69, 9.17) is 23.2 Å². The fourth-order valence-electron chi connectivity index (χ4n) is 5.96. The van der Waals surface area contributed by atoms with E-state index in [1.54, 1.807) is 0 Å². The number of rotatable bonds is 7. The lowest BCUT2D eigenvalue weighted by Crippen LogP contribution is -2.65. The molecule has 180 valence electrons. The summed E-state index contributed by atoms with van der Waals surface area (Å²) >= 11 is 12.7. The summed E-state index contributed by atoms with van der Waals surface area (Å²) in [6, 6.07) is 13.7. The molecule has 2 amide bonds. The zero-order chi connectivity index (χ0) is 23.8. The molecule has 2 aromatic rings. The van der Waals surface area contributed by atoms with Crippen LogP contribution in [0.2, 0.25) is 10.0 Å². The van der Waals surface area contributed by atoms with Gasteiger partial charge in [-0.1, -0.05) is 67.1 Å². The summed E-state index contributed by atoms with van der Waals surface area (Å²) in [6.07, 6.45) is 8.48. The summed E-state index contributed by atoms with van der Waals surface area (Å²) in [4.78, 5) is 26.8. The summed E-state index contributed by atoms with van der Waals surface area (Å²) < 4.78 is 0. The molecule has 34 heavy (non-hydrogen) atoms. The predicted molar refractivity (Wildman–Crippen MR) is 137 cm³/mol. The van der Waals surface area contributed by atoms with Crippen LogP contribution in [0.1, 0.15) is 62.5 Å². The number of hydrogen-bond donors (Lipinski definition) is 3. The van der Waals surface area contributed by atoms with Crippen LogP contribution >= 0.6 is 23.2 Å². The van der Waals surface area contributed by atoms with Gasteiger partial charge in [0, 0.05) is 27.3 Å². The van der Waals surface area contributed by atoms with Crippen LogP contribution in [-0.2, 0) is 21.4 Å². The van der Waals surface area contributed by atoms with Gasteiger partial charge in [-0.3, -0.25) is 9.59 Å². The van der Waals surface area contributed by atoms with Gasteiger partial charge >= 0.3 is 0 Å². The van der Waals surface area contributed by atoms with Gasteiger partial charge in [-0.05, 0) is 67.5 Å². The Balaban J connectivity index is 1.61. The number of anilines is 1. The van der Waals surface area contributed by atoms with Crippen LogP contribution in [0.3, 0.4) is 0 Å². The lowest BCUT2D eigenvalue weighted by Gasteiger charge is -2.48. The van der Waals surface area contributed by atoms with Gasteiger partial charge in [-0.25, -0.2) is 0 Å². The van der Waals surface area contributed by atoms with Gasteiger partial charge in [0.25, 0.3) is 0 Å². The second kappa shape index (κ2) is 9.52. The molecule has 2 aromatic carbocycles. The number of carbonyl (C=O) groups is 2. The van der Waals surface area contributed by atoms with Crippen LogP contribution in [0.4, 0.5) is 5.69 Å². The van der Waals surface area contributed by atoms with Gasteiger partial charge in [0.15, 0.2) is 0 Å². The van der Waals surface area contributed by atoms with E-state index in [2.05, 4.69) is 16.0 Å². The topological polar surface area (TPSA) is 70.2 Å². The molecule has 5 rings (SSSR count). The number of carbonyl (C=O) groups excluding carboxylic acids is 2. The van der Waals surface area contributed by atoms with Crippen LogP contribution in [0.25, 0.3) is 0 Å². The number of amides is 2. The van der Waals surface area contributed by atoms with Gasteiger partial charge in [0.2, 0.25) is 11.8 Å². The van der Waals surface area contributed by atoms with Crippen molar-refractivity contribution in [2.24, 2.45) is 0 Å². The van der Waals surface area contributed by atoms with Gasteiger partial charge < -0.3 is 16.0 Å². The van der Waals surface area contributed by atoms with Crippen molar-refractivity contribution >= 4 is 40.7 Å². The quantitative estimate of drug-likeness (QED) is 0.447. The highest BCUT2D eigenvalue weighted by molar-refractivity contribution is 6.31. The number of benzene rings is 2. The average molecular weight is 500 g/mol. The Bertz CT molecular complexity index is 1090. The SMILES string of the molecule is O=C(CNC1(C2(Cc3cccc(Cl)c3)C(=O)Nc3cc(Cl)ccc32)CCCCCC1)NC1CC1. The highest BCUT2D eigenvalue weighted by Crippen LogP contribution is 2.52. The van der Waals surface area contributed by atoms with Crippen molar-refractivity contribution in [3.05, 3.63) is 63.6 Å². The molecule has 0 aromatic heterocycles. The summed E-state index contributed by atoms with van der Waals surface area (Å²) in [6.45, 7) is 0.198.